The standard InChI is InChI=1S/C41H70N12O10/c1-6-11-32(55)46-22-33(56)47-23-34(57)48-27(14-17-42)36(58)52-31(21-26-12-9-8-10-13-26)40(62)51-30(20-24(3)4)39(61)50-28(15-18-43)37(59)49-29(16-19-44)38(60)53-35(25(5)54)41(63)45-7-2/h8-10,12-13,24-25,27-31,35,54H,6-7,11,14-23,42-44H2,1-5H3,(H,45,63)(H,46,55)(H,47,56)(H,48,57)(H,49,59)(H,50,61)(H,51,62)(H,52,58)(H,53,60)/t25?,27?,28?,29?,30?,31-,35?/m1/s1. The summed E-state index contributed by atoms with van der Waals surface area (Å²) in [6, 6.07) is 1.08. The Morgan fingerprint density at radius 1 is 0.540 bits per heavy atom. The quantitative estimate of drug-likeness (QED) is 0.0349. The van der Waals surface area contributed by atoms with Crippen LogP contribution in [0.4, 0.5) is 0 Å². The molecule has 63 heavy (non-hydrogen) atoms. The molecule has 0 saturated carbocycles. The van der Waals surface area contributed by atoms with Crippen molar-refractivity contribution in [3.05, 3.63) is 35.9 Å². The van der Waals surface area contributed by atoms with Crippen LogP contribution in [-0.4, -0.2) is 140 Å². The van der Waals surface area contributed by atoms with Gasteiger partial charge in [-0.1, -0.05) is 51.1 Å². The van der Waals surface area contributed by atoms with Crippen molar-refractivity contribution < 1.29 is 48.3 Å². The van der Waals surface area contributed by atoms with Gasteiger partial charge in [0.25, 0.3) is 0 Å². The molecule has 7 atom stereocenters. The predicted octanol–water partition coefficient (Wildman–Crippen LogP) is -4.22. The third-order valence-corrected chi connectivity index (χ3v) is 9.32. The van der Waals surface area contributed by atoms with E-state index in [0.717, 1.165) is 0 Å². The molecular weight excluding hydrogens is 821 g/mol. The van der Waals surface area contributed by atoms with Gasteiger partial charge in [0.1, 0.15) is 36.3 Å². The van der Waals surface area contributed by atoms with Gasteiger partial charge in [-0.05, 0) is 77.1 Å². The summed E-state index contributed by atoms with van der Waals surface area (Å²) in [7, 11) is 0. The first-order valence-corrected chi connectivity index (χ1v) is 21.3. The lowest BCUT2D eigenvalue weighted by atomic mass is 10.00. The number of hydrogen-bond acceptors (Lipinski definition) is 13. The SMILES string of the molecule is CCCC(=O)NCC(=O)NCC(=O)NC(CCN)C(=O)N[C@H](Cc1ccccc1)C(=O)NC(CC(C)C)C(=O)NC(CCN)C(=O)NC(CCN)C(=O)NC(C(=O)NCC)C(C)O. The second kappa shape index (κ2) is 30.4. The largest absolute Gasteiger partial charge is 0.391 e. The van der Waals surface area contributed by atoms with Crippen LogP contribution in [0.5, 0.6) is 0 Å². The number of likely N-dealkylation sites (N-methyl/N-ethyl adjacent to an activating group) is 1. The molecule has 0 fully saturated rings. The Morgan fingerprint density at radius 3 is 1.48 bits per heavy atom. The second-order valence-electron chi connectivity index (χ2n) is 15.3. The molecule has 354 valence electrons. The van der Waals surface area contributed by atoms with Gasteiger partial charge < -0.3 is 70.2 Å². The first-order chi connectivity index (χ1) is 29.9. The molecule has 9 amide bonds. The van der Waals surface area contributed by atoms with Crippen molar-refractivity contribution in [1.82, 2.24) is 47.9 Å². The van der Waals surface area contributed by atoms with Gasteiger partial charge in [0.2, 0.25) is 53.2 Å². The summed E-state index contributed by atoms with van der Waals surface area (Å²) in [5.74, 6) is -6.37. The van der Waals surface area contributed by atoms with Gasteiger partial charge in [-0.15, -0.1) is 0 Å². The smallest absolute Gasteiger partial charge is 0.245 e. The van der Waals surface area contributed by atoms with Crippen LogP contribution in [0.3, 0.4) is 0 Å². The van der Waals surface area contributed by atoms with Gasteiger partial charge in [-0.25, -0.2) is 0 Å². The van der Waals surface area contributed by atoms with Crippen molar-refractivity contribution in [3.8, 4) is 0 Å². The fraction of sp³-hybridized carbons (Fsp3) is 0.634. The van der Waals surface area contributed by atoms with Crippen molar-refractivity contribution >= 4 is 53.2 Å². The van der Waals surface area contributed by atoms with Crippen LogP contribution in [-0.2, 0) is 49.6 Å². The van der Waals surface area contributed by atoms with Crippen LogP contribution >= 0.6 is 0 Å². The van der Waals surface area contributed by atoms with Crippen molar-refractivity contribution in [2.75, 3.05) is 39.3 Å². The second-order valence-corrected chi connectivity index (χ2v) is 15.3. The molecule has 22 heteroatoms. The lowest BCUT2D eigenvalue weighted by Crippen LogP contribution is -2.61. The van der Waals surface area contributed by atoms with E-state index in [1.165, 1.54) is 6.92 Å². The normalized spacial score (nSPS) is 14.3. The Balaban J connectivity index is 3.26. The summed E-state index contributed by atoms with van der Waals surface area (Å²) in [6.07, 6.45) is -0.550. The highest BCUT2D eigenvalue weighted by Crippen LogP contribution is 2.10. The first kappa shape index (κ1) is 55.3. The highest BCUT2D eigenvalue weighted by molar-refractivity contribution is 5.97. The molecule has 0 radical (unpaired) electrons. The van der Waals surface area contributed by atoms with Crippen LogP contribution in [0, 0.1) is 5.92 Å². The molecule has 0 aliphatic rings. The lowest BCUT2D eigenvalue weighted by Gasteiger charge is -2.28. The van der Waals surface area contributed by atoms with Crippen molar-refractivity contribution in [2.45, 2.75) is 122 Å². The Kier molecular flexibility index (Phi) is 26.6. The van der Waals surface area contributed by atoms with Crippen LogP contribution in [0.1, 0.15) is 78.7 Å². The van der Waals surface area contributed by atoms with Gasteiger partial charge in [-0.3, -0.25) is 43.2 Å². The summed E-state index contributed by atoms with van der Waals surface area (Å²) in [6.45, 7) is 7.65. The van der Waals surface area contributed by atoms with Crippen molar-refractivity contribution in [3.63, 3.8) is 0 Å². The van der Waals surface area contributed by atoms with E-state index in [9.17, 15) is 48.3 Å². The maximum absolute atomic E-state index is 14.1. The number of nitrogens with one attached hydrogen (secondary N) is 9. The number of benzene rings is 1. The Hall–Kier alpha value is -5.71. The zero-order valence-corrected chi connectivity index (χ0v) is 37.1. The molecule has 0 saturated heterocycles. The monoisotopic (exact) mass is 891 g/mol. The molecule has 22 nitrogen and oxygen atoms in total. The summed E-state index contributed by atoms with van der Waals surface area (Å²) in [5.41, 5.74) is 17.9. The minimum absolute atomic E-state index is 0.0314. The number of amides is 9. The number of carbonyl (C=O) groups excluding carboxylic acids is 9. The Morgan fingerprint density at radius 2 is 0.984 bits per heavy atom. The van der Waals surface area contributed by atoms with Gasteiger partial charge in [0.05, 0.1) is 19.2 Å². The van der Waals surface area contributed by atoms with E-state index in [-0.39, 0.29) is 83.1 Å². The molecule has 0 spiro atoms. The fourth-order valence-electron chi connectivity index (χ4n) is 6.08. The average Bonchev–Trinajstić information content (AvgIpc) is 3.23. The molecule has 0 aliphatic heterocycles. The summed E-state index contributed by atoms with van der Waals surface area (Å²) >= 11 is 0. The summed E-state index contributed by atoms with van der Waals surface area (Å²) in [5, 5.41) is 32.9. The van der Waals surface area contributed by atoms with Crippen LogP contribution in [0.15, 0.2) is 30.3 Å². The number of aliphatic hydroxyl groups excluding tert-OH is 1. The van der Waals surface area contributed by atoms with E-state index in [1.54, 1.807) is 37.3 Å². The average molecular weight is 891 g/mol. The van der Waals surface area contributed by atoms with E-state index in [0.29, 0.717) is 12.0 Å². The Labute approximate surface area is 368 Å². The minimum atomic E-state index is -1.33. The van der Waals surface area contributed by atoms with Crippen LogP contribution < -0.4 is 65.1 Å². The molecule has 0 aliphatic carbocycles. The van der Waals surface area contributed by atoms with Gasteiger partial charge in [-0.2, -0.15) is 0 Å². The molecule has 1 rings (SSSR count). The first-order valence-electron chi connectivity index (χ1n) is 21.3. The third-order valence-electron chi connectivity index (χ3n) is 9.32. The number of hydrogen-bond donors (Lipinski definition) is 13. The number of aliphatic hydroxyl groups is 1. The number of rotatable bonds is 30. The van der Waals surface area contributed by atoms with E-state index in [4.69, 9.17) is 17.2 Å². The molecule has 6 unspecified atom stereocenters. The van der Waals surface area contributed by atoms with E-state index < -0.39 is 96.2 Å². The fourth-order valence-corrected chi connectivity index (χ4v) is 6.08. The molecule has 0 bridgehead atoms. The van der Waals surface area contributed by atoms with E-state index in [2.05, 4.69) is 47.9 Å². The predicted molar refractivity (Wildman–Crippen MR) is 233 cm³/mol. The molecule has 1 aromatic rings. The molecule has 16 N–H and O–H groups in total. The zero-order valence-electron chi connectivity index (χ0n) is 37.1. The topological polar surface area (TPSA) is 360 Å². The summed E-state index contributed by atoms with van der Waals surface area (Å²) < 4.78 is 0. The summed E-state index contributed by atoms with van der Waals surface area (Å²) in [4.78, 5) is 118. The number of carbonyl (C=O) groups is 9. The maximum Gasteiger partial charge on any atom is 0.245 e. The molecule has 0 heterocycles. The maximum atomic E-state index is 14.1. The van der Waals surface area contributed by atoms with Crippen molar-refractivity contribution in [2.24, 2.45) is 23.1 Å². The van der Waals surface area contributed by atoms with Crippen LogP contribution in [0.2, 0.25) is 0 Å². The molecule has 0 aromatic heterocycles. The highest BCUT2D eigenvalue weighted by atomic mass is 16.3. The van der Waals surface area contributed by atoms with E-state index in [1.807, 2.05) is 20.8 Å². The molecule has 1 aromatic carbocycles. The minimum Gasteiger partial charge on any atom is -0.391 e. The third kappa shape index (κ3) is 21.8. The van der Waals surface area contributed by atoms with Gasteiger partial charge in [0.15, 0.2) is 0 Å². The van der Waals surface area contributed by atoms with E-state index >= 15 is 0 Å². The van der Waals surface area contributed by atoms with Gasteiger partial charge in [0, 0.05) is 19.4 Å². The highest BCUT2D eigenvalue weighted by Gasteiger charge is 2.34. The number of nitrogens with two attached hydrogens (primary N) is 3. The van der Waals surface area contributed by atoms with Crippen LogP contribution in [0.25, 0.3) is 0 Å². The zero-order chi connectivity index (χ0) is 47.5. The lowest BCUT2D eigenvalue weighted by molar-refractivity contribution is -0.136. The van der Waals surface area contributed by atoms with Gasteiger partial charge >= 0.3 is 0 Å². The molecular formula is C41H70N12O10. The van der Waals surface area contributed by atoms with Crippen molar-refractivity contribution in [1.29, 1.82) is 0 Å². The Bertz CT molecular complexity index is 1650.